The highest BCUT2D eigenvalue weighted by Crippen LogP contribution is 2.33. The van der Waals surface area contributed by atoms with E-state index in [4.69, 9.17) is 4.74 Å². The largest absolute Gasteiger partial charge is 0.483 e. The molecule has 0 spiro atoms. The summed E-state index contributed by atoms with van der Waals surface area (Å²) in [5.74, 6) is 0.224. The number of nitrogens with zero attached hydrogens (tertiary/aromatic N) is 2. The fourth-order valence-electron chi connectivity index (χ4n) is 5.61. The Kier molecular flexibility index (Phi) is 9.09. The van der Waals surface area contributed by atoms with Crippen LogP contribution in [0.5, 0.6) is 5.75 Å². The van der Waals surface area contributed by atoms with Crippen LogP contribution in [0.15, 0.2) is 131 Å². The molecule has 7 nitrogen and oxygen atoms in total. The molecule has 0 bridgehead atoms. The van der Waals surface area contributed by atoms with Gasteiger partial charge in [0, 0.05) is 31.9 Å². The summed E-state index contributed by atoms with van der Waals surface area (Å²) in [5.41, 5.74) is 2.86. The third-order valence-corrected chi connectivity index (χ3v) is 10.6. The molecule has 5 aromatic carbocycles. The van der Waals surface area contributed by atoms with Crippen molar-refractivity contribution >= 4 is 48.3 Å². The van der Waals surface area contributed by atoms with E-state index in [-0.39, 0.29) is 23.5 Å². The van der Waals surface area contributed by atoms with Gasteiger partial charge in [0.1, 0.15) is 5.75 Å². The van der Waals surface area contributed by atoms with Crippen LogP contribution in [-0.4, -0.2) is 56.3 Å². The summed E-state index contributed by atoms with van der Waals surface area (Å²) < 4.78 is 35.1. The molecule has 44 heavy (non-hydrogen) atoms. The second-order valence-corrected chi connectivity index (χ2v) is 13.4. The van der Waals surface area contributed by atoms with Crippen LogP contribution >= 0.6 is 15.9 Å². The average molecular weight is 671 g/mol. The second-order valence-electron chi connectivity index (χ2n) is 10.6. The summed E-state index contributed by atoms with van der Waals surface area (Å²) in [4.78, 5) is 15.1. The van der Waals surface area contributed by atoms with Crippen molar-refractivity contribution in [3.05, 3.63) is 137 Å². The van der Waals surface area contributed by atoms with Crippen LogP contribution in [0.3, 0.4) is 0 Å². The molecular weight excluding hydrogens is 638 g/mol. The molecule has 1 aliphatic rings. The molecule has 5 aromatic rings. The Bertz CT molecular complexity index is 1810. The number of ether oxygens (including phenoxy) is 1. The molecule has 0 aliphatic carbocycles. The molecule has 1 heterocycles. The number of carbonyl (C=O) groups excluding carboxylic acids is 1. The SMILES string of the molecule is O=C(COc1ccc2ccccc2c1Br)Nc1ccc(S(=O)(=O)N2CCN(C(c3ccccc3)c3ccccc3)CC2)cc1. The quantitative estimate of drug-likeness (QED) is 0.189. The van der Waals surface area contributed by atoms with Crippen LogP contribution < -0.4 is 10.1 Å². The van der Waals surface area contributed by atoms with Crippen LogP contribution in [0.25, 0.3) is 10.8 Å². The third-order valence-electron chi connectivity index (χ3n) is 7.83. The van der Waals surface area contributed by atoms with Gasteiger partial charge in [-0.1, -0.05) is 91.0 Å². The lowest BCUT2D eigenvalue weighted by Gasteiger charge is -2.39. The van der Waals surface area contributed by atoms with Gasteiger partial charge in [0.25, 0.3) is 5.91 Å². The van der Waals surface area contributed by atoms with Gasteiger partial charge in [-0.2, -0.15) is 4.31 Å². The van der Waals surface area contributed by atoms with Gasteiger partial charge < -0.3 is 10.1 Å². The molecule has 0 radical (unpaired) electrons. The molecule has 1 aliphatic heterocycles. The molecule has 1 N–H and O–H groups in total. The van der Waals surface area contributed by atoms with E-state index in [1.54, 1.807) is 16.4 Å². The second kappa shape index (κ2) is 13.3. The Morgan fingerprint density at radius 3 is 1.98 bits per heavy atom. The fourth-order valence-corrected chi connectivity index (χ4v) is 7.64. The Hall–Kier alpha value is -4.02. The Labute approximate surface area is 266 Å². The van der Waals surface area contributed by atoms with Crippen LogP contribution in [-0.2, 0) is 14.8 Å². The maximum absolute atomic E-state index is 13.5. The number of carbonyl (C=O) groups is 1. The molecular formula is C35H32BrN3O4S. The fraction of sp³-hybridized carbons (Fsp3) is 0.171. The van der Waals surface area contributed by atoms with Crippen molar-refractivity contribution in [2.45, 2.75) is 10.9 Å². The topological polar surface area (TPSA) is 78.9 Å². The van der Waals surface area contributed by atoms with Gasteiger partial charge in [-0.05, 0) is 68.2 Å². The number of fused-ring (bicyclic) bond motifs is 1. The van der Waals surface area contributed by atoms with Crippen molar-refractivity contribution in [1.82, 2.24) is 9.21 Å². The summed E-state index contributed by atoms with van der Waals surface area (Å²) in [5, 5.41) is 4.84. The van der Waals surface area contributed by atoms with Crippen LogP contribution in [0.4, 0.5) is 5.69 Å². The minimum absolute atomic E-state index is 0.0523. The molecule has 224 valence electrons. The number of hydrogen-bond acceptors (Lipinski definition) is 5. The molecule has 0 atom stereocenters. The smallest absolute Gasteiger partial charge is 0.262 e. The first-order valence-corrected chi connectivity index (χ1v) is 16.7. The molecule has 1 fully saturated rings. The standard InChI is InChI=1S/C35H32BrN3O4S/c36-34-31-14-8-7-9-26(31)15-20-32(34)43-25-33(40)37-29-16-18-30(19-17-29)44(41,42)39-23-21-38(22-24-39)35(27-10-3-1-4-11-27)28-12-5-2-6-13-28/h1-20,35H,21-25H2,(H,37,40). The van der Waals surface area contributed by atoms with E-state index in [1.165, 1.54) is 23.3 Å². The van der Waals surface area contributed by atoms with Crippen LogP contribution in [0.2, 0.25) is 0 Å². The van der Waals surface area contributed by atoms with E-state index in [0.29, 0.717) is 37.6 Å². The van der Waals surface area contributed by atoms with Crippen molar-refractivity contribution in [2.24, 2.45) is 0 Å². The van der Waals surface area contributed by atoms with Gasteiger partial charge in [-0.15, -0.1) is 0 Å². The third kappa shape index (κ3) is 6.56. The highest BCUT2D eigenvalue weighted by molar-refractivity contribution is 9.10. The zero-order chi connectivity index (χ0) is 30.5. The number of anilines is 1. The van der Waals surface area contributed by atoms with Gasteiger partial charge in [0.15, 0.2) is 6.61 Å². The minimum Gasteiger partial charge on any atom is -0.483 e. The number of rotatable bonds is 9. The summed E-state index contributed by atoms with van der Waals surface area (Å²) in [6.45, 7) is 1.80. The molecule has 1 amide bonds. The summed E-state index contributed by atoms with van der Waals surface area (Å²) >= 11 is 3.57. The number of nitrogens with one attached hydrogen (secondary N) is 1. The van der Waals surface area contributed by atoms with E-state index in [1.807, 2.05) is 72.8 Å². The van der Waals surface area contributed by atoms with E-state index in [2.05, 4.69) is 50.4 Å². The van der Waals surface area contributed by atoms with Gasteiger partial charge in [-0.3, -0.25) is 9.69 Å². The lowest BCUT2D eigenvalue weighted by atomic mass is 9.96. The first-order valence-electron chi connectivity index (χ1n) is 14.4. The van der Waals surface area contributed by atoms with E-state index in [0.717, 1.165) is 15.2 Å². The number of piperazine rings is 1. The number of hydrogen-bond donors (Lipinski definition) is 1. The van der Waals surface area contributed by atoms with Crippen molar-refractivity contribution in [2.75, 3.05) is 38.1 Å². The lowest BCUT2D eigenvalue weighted by Crippen LogP contribution is -2.49. The zero-order valence-corrected chi connectivity index (χ0v) is 26.4. The number of benzene rings is 5. The predicted molar refractivity (Wildman–Crippen MR) is 177 cm³/mol. The highest BCUT2D eigenvalue weighted by atomic mass is 79.9. The molecule has 0 aromatic heterocycles. The summed E-state index contributed by atoms with van der Waals surface area (Å²) in [6.07, 6.45) is 0. The van der Waals surface area contributed by atoms with E-state index >= 15 is 0 Å². The first kappa shape index (κ1) is 30.0. The van der Waals surface area contributed by atoms with Gasteiger partial charge in [-0.25, -0.2) is 8.42 Å². The lowest BCUT2D eigenvalue weighted by molar-refractivity contribution is -0.118. The van der Waals surface area contributed by atoms with E-state index in [9.17, 15) is 13.2 Å². The van der Waals surface area contributed by atoms with Gasteiger partial charge in [0.05, 0.1) is 15.4 Å². The Balaban J connectivity index is 1.06. The van der Waals surface area contributed by atoms with Crippen molar-refractivity contribution in [1.29, 1.82) is 0 Å². The van der Waals surface area contributed by atoms with Gasteiger partial charge in [0.2, 0.25) is 10.0 Å². The highest BCUT2D eigenvalue weighted by Gasteiger charge is 2.32. The minimum atomic E-state index is -3.69. The monoisotopic (exact) mass is 669 g/mol. The number of sulfonamides is 1. The summed E-state index contributed by atoms with van der Waals surface area (Å²) in [6, 6.07) is 38.6. The zero-order valence-electron chi connectivity index (χ0n) is 24.0. The maximum atomic E-state index is 13.5. The molecule has 0 unspecified atom stereocenters. The van der Waals surface area contributed by atoms with Gasteiger partial charge >= 0.3 is 0 Å². The van der Waals surface area contributed by atoms with Crippen LogP contribution in [0.1, 0.15) is 17.2 Å². The predicted octanol–water partition coefficient (Wildman–Crippen LogP) is 6.72. The first-order chi connectivity index (χ1) is 21.4. The van der Waals surface area contributed by atoms with Crippen molar-refractivity contribution < 1.29 is 17.9 Å². The van der Waals surface area contributed by atoms with Crippen molar-refractivity contribution in [3.63, 3.8) is 0 Å². The molecule has 6 rings (SSSR count). The average Bonchev–Trinajstić information content (AvgIpc) is 3.06. The maximum Gasteiger partial charge on any atom is 0.262 e. The number of amides is 1. The summed E-state index contributed by atoms with van der Waals surface area (Å²) in [7, 11) is -3.69. The molecule has 1 saturated heterocycles. The number of halogens is 1. The molecule has 9 heteroatoms. The van der Waals surface area contributed by atoms with Crippen LogP contribution in [0, 0.1) is 0 Å². The van der Waals surface area contributed by atoms with E-state index < -0.39 is 10.0 Å². The molecule has 0 saturated carbocycles. The Morgan fingerprint density at radius 2 is 1.34 bits per heavy atom. The van der Waals surface area contributed by atoms with Crippen molar-refractivity contribution in [3.8, 4) is 5.75 Å². The Morgan fingerprint density at radius 1 is 0.750 bits per heavy atom. The normalized spacial score (nSPS) is 14.5.